The quantitative estimate of drug-likeness (QED) is 0.0159. The maximum atomic E-state index is 12.4. The Morgan fingerprint density at radius 3 is 1.90 bits per heavy atom. The molecule has 49 heavy (non-hydrogen) atoms. The van der Waals surface area contributed by atoms with Crippen molar-refractivity contribution in [1.82, 2.24) is 0 Å². The van der Waals surface area contributed by atoms with E-state index in [0.717, 1.165) is 30.3 Å². The van der Waals surface area contributed by atoms with Gasteiger partial charge in [0.1, 0.15) is 32.5 Å². The maximum absolute atomic E-state index is 12.4. The normalized spacial score (nSPS) is 12.5. The van der Waals surface area contributed by atoms with Gasteiger partial charge in [0.2, 0.25) is 0 Å². The molecule has 0 saturated carbocycles. The van der Waals surface area contributed by atoms with Crippen molar-refractivity contribution in [2.75, 3.05) is 5.73 Å². The van der Waals surface area contributed by atoms with Crippen molar-refractivity contribution in [2.45, 2.75) is 31.4 Å². The zero-order valence-corrected chi connectivity index (χ0v) is 27.9. The third-order valence-corrected chi connectivity index (χ3v) is 9.52. The van der Waals surface area contributed by atoms with Crippen LogP contribution in [-0.4, -0.2) is 46.8 Å². The van der Waals surface area contributed by atoms with Crippen LogP contribution in [0.1, 0.15) is 5.56 Å². The highest BCUT2D eigenvalue weighted by Crippen LogP contribution is 2.50. The zero-order chi connectivity index (χ0) is 35.9. The molecule has 0 aromatic heterocycles. The van der Waals surface area contributed by atoms with Crippen LogP contribution < -0.4 is 5.73 Å². The van der Waals surface area contributed by atoms with Gasteiger partial charge in [0.05, 0.1) is 57.0 Å². The molecule has 0 radical (unpaired) electrons. The zero-order valence-electron chi connectivity index (χ0n) is 23.8. The van der Waals surface area contributed by atoms with E-state index in [2.05, 4.69) is 48.6 Å². The predicted molar refractivity (Wildman–Crippen MR) is 168 cm³/mol. The highest BCUT2D eigenvalue weighted by Gasteiger charge is 2.26. The van der Waals surface area contributed by atoms with Gasteiger partial charge in [-0.25, -0.2) is 15.8 Å². The summed E-state index contributed by atoms with van der Waals surface area (Å²) in [4.78, 5) is -1.52. The van der Waals surface area contributed by atoms with Crippen molar-refractivity contribution < 1.29 is 74.9 Å². The van der Waals surface area contributed by atoms with Crippen molar-refractivity contribution in [3.05, 3.63) is 54.1 Å². The number of hydrogen-bond acceptors (Lipinski definition) is 22. The summed E-state index contributed by atoms with van der Waals surface area (Å²) in [6.45, 7) is 1.69. The molecule has 0 aliphatic carbocycles. The van der Waals surface area contributed by atoms with Crippen LogP contribution in [0.2, 0.25) is 0 Å². The van der Waals surface area contributed by atoms with E-state index in [9.17, 15) is 31.0 Å². The monoisotopic (exact) mass is 781 g/mol. The lowest BCUT2D eigenvalue weighted by atomic mass is 10.1. The second-order valence-electron chi connectivity index (χ2n) is 8.94. The van der Waals surface area contributed by atoms with Crippen LogP contribution in [0.15, 0.2) is 93.5 Å². The Balaban J connectivity index is 1.97. The molecular weight excluding hydrogens is 763 g/mol. The SMILES string of the molecule is Cc1ccc(SOOO)c(N=Nc2c(S(=O)(=O)O)cc3cc(SOOO)c(N=Nc4cc(SOOO)ccc4S(=O)(=O)O)c(N)c3c2O)c1. The van der Waals surface area contributed by atoms with Gasteiger partial charge < -0.3 is 10.8 Å². The molecule has 0 heterocycles. The Labute approximate surface area is 287 Å². The minimum absolute atomic E-state index is 0.0455. The second-order valence-corrected chi connectivity index (χ2v) is 14.0. The summed E-state index contributed by atoms with van der Waals surface area (Å²) in [5, 5.41) is 62.8. The molecule has 0 bridgehead atoms. The first kappa shape index (κ1) is 38.3. The van der Waals surface area contributed by atoms with Crippen LogP contribution in [0.4, 0.5) is 28.4 Å². The Bertz CT molecular complexity index is 2150. The topological polar surface area (TPSA) is 320 Å². The maximum Gasteiger partial charge on any atom is 0.296 e. The molecule has 4 aromatic carbocycles. The lowest BCUT2D eigenvalue weighted by molar-refractivity contribution is -0.432. The Morgan fingerprint density at radius 1 is 0.673 bits per heavy atom. The summed E-state index contributed by atoms with van der Waals surface area (Å²) in [7, 11) is -10.00. The van der Waals surface area contributed by atoms with E-state index in [1.165, 1.54) is 12.1 Å². The number of rotatable bonds is 15. The van der Waals surface area contributed by atoms with Gasteiger partial charge >= 0.3 is 0 Å². The molecule has 0 unspecified atom stereocenters. The van der Waals surface area contributed by atoms with Crippen LogP contribution in [-0.2, 0) is 48.4 Å². The second kappa shape index (κ2) is 16.4. The smallest absolute Gasteiger partial charge is 0.296 e. The summed E-state index contributed by atoms with van der Waals surface area (Å²) in [5.74, 6) is -0.936. The standard InChI is InChI=1S/C23H19N5O16S5/c1-10-2-4-15(46-43-40-31)13(6-10)25-28-22-18(49(36,37)38)8-11-7-16(47-44-41-32)21(20(24)19(11)23(22)29)27-26-14-9-12(45-42-39-30)3-5-17(14)48(33,34)35/h2-9,29-32H,24H2,1H3,(H,33,34,35)(H,36,37,38). The minimum Gasteiger partial charge on any atom is -0.505 e. The van der Waals surface area contributed by atoms with E-state index in [1.807, 2.05) is 0 Å². The molecule has 0 aliphatic heterocycles. The first-order valence-electron chi connectivity index (χ1n) is 12.3. The van der Waals surface area contributed by atoms with Crippen molar-refractivity contribution >= 4 is 95.6 Å². The third-order valence-electron chi connectivity index (χ3n) is 5.90. The fraction of sp³-hybridized carbons (Fsp3) is 0.0435. The van der Waals surface area contributed by atoms with Crippen molar-refractivity contribution in [3.63, 3.8) is 0 Å². The van der Waals surface area contributed by atoms with Crippen LogP contribution in [0, 0.1) is 6.92 Å². The first-order chi connectivity index (χ1) is 23.2. The van der Waals surface area contributed by atoms with E-state index in [0.29, 0.717) is 29.6 Å². The number of hydrogen-bond donors (Lipinski definition) is 7. The number of benzene rings is 4. The molecular formula is C23H19N5O16S5. The van der Waals surface area contributed by atoms with E-state index < -0.39 is 52.8 Å². The Morgan fingerprint density at radius 2 is 1.27 bits per heavy atom. The average molecular weight is 782 g/mol. The number of phenols is 1. The number of nitrogens with zero attached hydrogens (tertiary/aromatic N) is 4. The third kappa shape index (κ3) is 9.37. The number of anilines is 1. The average Bonchev–Trinajstić information content (AvgIpc) is 3.03. The van der Waals surface area contributed by atoms with Gasteiger partial charge in [0, 0.05) is 4.90 Å². The molecule has 0 amide bonds. The summed E-state index contributed by atoms with van der Waals surface area (Å²) in [6.07, 6.45) is 0. The van der Waals surface area contributed by atoms with Gasteiger partial charge in [-0.05, 0) is 60.3 Å². The lowest BCUT2D eigenvalue weighted by Gasteiger charge is -2.14. The Hall–Kier alpha value is -3.55. The van der Waals surface area contributed by atoms with E-state index in [4.69, 9.17) is 21.5 Å². The van der Waals surface area contributed by atoms with E-state index in [-0.39, 0.29) is 48.9 Å². The van der Waals surface area contributed by atoms with Crippen molar-refractivity contribution in [1.29, 1.82) is 0 Å². The number of aryl methyl sites for hydroxylation is 1. The molecule has 262 valence electrons. The van der Waals surface area contributed by atoms with Crippen LogP contribution >= 0.6 is 36.1 Å². The van der Waals surface area contributed by atoms with Gasteiger partial charge in [0.15, 0.2) is 5.75 Å². The van der Waals surface area contributed by atoms with Crippen molar-refractivity contribution in [3.8, 4) is 5.75 Å². The molecule has 8 N–H and O–H groups in total. The highest BCUT2D eigenvalue weighted by atomic mass is 32.2. The highest BCUT2D eigenvalue weighted by molar-refractivity contribution is 7.95. The molecule has 4 rings (SSSR count). The number of phenolic OH excluding ortho intramolecular Hbond substituents is 1. The van der Waals surface area contributed by atoms with Gasteiger partial charge in [-0.3, -0.25) is 9.11 Å². The fourth-order valence-corrected chi connectivity index (χ4v) is 6.53. The summed E-state index contributed by atoms with van der Waals surface area (Å²) in [5.41, 5.74) is 4.92. The molecule has 0 aliphatic rings. The summed E-state index contributed by atoms with van der Waals surface area (Å²) >= 11 is 1.19. The fourth-order valence-electron chi connectivity index (χ4n) is 3.96. The number of aromatic hydroxyl groups is 1. The number of nitrogens with two attached hydrogens (primary N) is 1. The minimum atomic E-state index is -5.11. The molecule has 21 nitrogen and oxygen atoms in total. The molecule has 0 fully saturated rings. The van der Waals surface area contributed by atoms with Crippen LogP contribution in [0.25, 0.3) is 10.8 Å². The van der Waals surface area contributed by atoms with Crippen molar-refractivity contribution in [2.24, 2.45) is 20.5 Å². The predicted octanol–water partition coefficient (Wildman–Crippen LogP) is 7.05. The van der Waals surface area contributed by atoms with Gasteiger partial charge in [-0.1, -0.05) is 21.2 Å². The summed E-state index contributed by atoms with van der Waals surface area (Å²) in [6, 6.07) is 9.75. The molecule has 4 aromatic rings. The molecule has 0 atom stereocenters. The molecule has 0 saturated heterocycles. The molecule has 26 heteroatoms. The van der Waals surface area contributed by atoms with Crippen LogP contribution in [0.3, 0.4) is 0 Å². The van der Waals surface area contributed by atoms with Gasteiger partial charge in [0.25, 0.3) is 20.2 Å². The Kier molecular flexibility index (Phi) is 12.8. The first-order valence-corrected chi connectivity index (χ1v) is 17.4. The lowest BCUT2D eigenvalue weighted by Crippen LogP contribution is -2.00. The van der Waals surface area contributed by atoms with Gasteiger partial charge in [-0.2, -0.15) is 16.8 Å². The van der Waals surface area contributed by atoms with Gasteiger partial charge in [-0.15, -0.1) is 33.5 Å². The van der Waals surface area contributed by atoms with Crippen LogP contribution in [0.5, 0.6) is 5.75 Å². The number of fused-ring (bicyclic) bond motifs is 1. The number of nitrogen functional groups attached to an aromatic ring is 1. The molecule has 0 spiro atoms. The van der Waals surface area contributed by atoms with E-state index >= 15 is 0 Å². The largest absolute Gasteiger partial charge is 0.505 e. The number of azo groups is 2. The van der Waals surface area contributed by atoms with E-state index in [1.54, 1.807) is 13.0 Å². The summed E-state index contributed by atoms with van der Waals surface area (Å²) < 4.78 is 81.8.